The molecule has 14 heteroatoms. The molecule has 0 amide bonds. The van der Waals surface area contributed by atoms with Crippen molar-refractivity contribution in [1.29, 1.82) is 0 Å². The van der Waals surface area contributed by atoms with Gasteiger partial charge in [0.25, 0.3) is 0 Å². The number of allylic oxidation sites excluding steroid dienone is 2. The number of aliphatic hydroxyl groups excluding tert-OH is 5. The summed E-state index contributed by atoms with van der Waals surface area (Å²) in [5.74, 6) is -1.09. The van der Waals surface area contributed by atoms with Gasteiger partial charge in [-0.05, 0) is 38.5 Å². The highest BCUT2D eigenvalue weighted by molar-refractivity contribution is 7.47. The van der Waals surface area contributed by atoms with Crippen LogP contribution in [0.25, 0.3) is 0 Å². The highest BCUT2D eigenvalue weighted by Gasteiger charge is 2.51. The molecule has 6 N–H and O–H groups in total. The molecule has 0 aromatic heterocycles. The van der Waals surface area contributed by atoms with Gasteiger partial charge in [-0.25, -0.2) is 4.57 Å². The summed E-state index contributed by atoms with van der Waals surface area (Å²) in [6.45, 7) is 3.32. The van der Waals surface area contributed by atoms with Gasteiger partial charge in [0.15, 0.2) is 6.10 Å². The molecule has 1 aliphatic rings. The number of carbonyl (C=O) groups excluding carboxylic acids is 2. The van der Waals surface area contributed by atoms with Gasteiger partial charge in [-0.1, -0.05) is 187 Å². The molecule has 1 saturated carbocycles. The van der Waals surface area contributed by atoms with Crippen LogP contribution in [0.3, 0.4) is 0 Å². The molecule has 0 spiro atoms. The molecule has 0 aliphatic heterocycles. The number of phosphoric ester groups is 1. The summed E-state index contributed by atoms with van der Waals surface area (Å²) in [7, 11) is -5.11. The Bertz CT molecular complexity index is 1140. The Hall–Kier alpha value is -1.41. The molecule has 1 aliphatic carbocycles. The number of hydrogen-bond donors (Lipinski definition) is 6. The smallest absolute Gasteiger partial charge is 0.462 e. The fourth-order valence-corrected chi connectivity index (χ4v) is 8.79. The highest BCUT2D eigenvalue weighted by Crippen LogP contribution is 2.47. The zero-order valence-corrected chi connectivity index (χ0v) is 39.8. The number of phosphoric acid groups is 1. The molecule has 1 fully saturated rings. The Morgan fingerprint density at radius 1 is 0.484 bits per heavy atom. The van der Waals surface area contributed by atoms with Gasteiger partial charge in [0.2, 0.25) is 0 Å². The first-order chi connectivity index (χ1) is 29.9. The maximum Gasteiger partial charge on any atom is 0.472 e. The van der Waals surface area contributed by atoms with E-state index in [-0.39, 0.29) is 12.8 Å². The van der Waals surface area contributed by atoms with Crippen LogP contribution in [0.5, 0.6) is 0 Å². The Morgan fingerprint density at radius 2 is 0.823 bits per heavy atom. The van der Waals surface area contributed by atoms with Gasteiger partial charge in [0.05, 0.1) is 6.61 Å². The minimum absolute atomic E-state index is 0.102. The Kier molecular flexibility index (Phi) is 36.7. The second-order valence-electron chi connectivity index (χ2n) is 17.7. The van der Waals surface area contributed by atoms with E-state index in [0.29, 0.717) is 12.8 Å². The fraction of sp³-hybridized carbons (Fsp3) is 0.917. The lowest BCUT2D eigenvalue weighted by Crippen LogP contribution is -2.64. The van der Waals surface area contributed by atoms with Crippen molar-refractivity contribution in [2.24, 2.45) is 0 Å². The zero-order valence-electron chi connectivity index (χ0n) is 38.9. The van der Waals surface area contributed by atoms with Crippen molar-refractivity contribution < 1.29 is 63.1 Å². The van der Waals surface area contributed by atoms with Gasteiger partial charge in [0.1, 0.15) is 43.2 Å². The number of unbranched alkanes of at least 4 members (excludes halogenated alkanes) is 28. The molecular weight excluding hydrogens is 815 g/mol. The SMILES string of the molecule is CCCCCCCCCC/C=C\CCCCCCCCCC(=O)OC[C@H](COP(=O)(O)OC1C(O)C(O)C(O)[C@@H](O)C1O)OC(=O)CCCCCCCCCCCCCCCC. The minimum atomic E-state index is -5.11. The van der Waals surface area contributed by atoms with Crippen LogP contribution in [-0.2, 0) is 32.7 Å². The van der Waals surface area contributed by atoms with Crippen LogP contribution >= 0.6 is 7.82 Å². The number of rotatable bonds is 42. The lowest BCUT2D eigenvalue weighted by atomic mass is 9.85. The summed E-state index contributed by atoms with van der Waals surface area (Å²) in [5.41, 5.74) is 0. The summed E-state index contributed by atoms with van der Waals surface area (Å²) in [6.07, 6.45) is 28.3. The van der Waals surface area contributed by atoms with Crippen LogP contribution in [0.15, 0.2) is 12.2 Å². The molecule has 6 unspecified atom stereocenters. The lowest BCUT2D eigenvalue weighted by Gasteiger charge is -2.41. The number of aliphatic hydroxyl groups is 5. The summed E-state index contributed by atoms with van der Waals surface area (Å²) in [4.78, 5) is 35.8. The largest absolute Gasteiger partial charge is 0.472 e. The molecule has 62 heavy (non-hydrogen) atoms. The van der Waals surface area contributed by atoms with Crippen molar-refractivity contribution in [1.82, 2.24) is 0 Å². The molecule has 1 rings (SSSR count). The zero-order chi connectivity index (χ0) is 45.7. The van der Waals surface area contributed by atoms with Gasteiger partial charge in [0, 0.05) is 12.8 Å². The molecular formula is C48H91O13P. The van der Waals surface area contributed by atoms with E-state index >= 15 is 0 Å². The van der Waals surface area contributed by atoms with E-state index in [1.165, 1.54) is 135 Å². The average molecular weight is 907 g/mol. The maximum absolute atomic E-state index is 12.8. The van der Waals surface area contributed by atoms with Crippen LogP contribution in [0.1, 0.15) is 226 Å². The van der Waals surface area contributed by atoms with Gasteiger partial charge in [-0.2, -0.15) is 0 Å². The van der Waals surface area contributed by atoms with E-state index in [1.807, 2.05) is 0 Å². The van der Waals surface area contributed by atoms with Crippen LogP contribution < -0.4 is 0 Å². The Balaban J connectivity index is 2.40. The quantitative estimate of drug-likeness (QED) is 0.0146. The molecule has 0 heterocycles. The van der Waals surface area contributed by atoms with Gasteiger partial charge in [-0.3, -0.25) is 18.6 Å². The number of esters is 2. The highest BCUT2D eigenvalue weighted by atomic mass is 31.2. The second kappa shape index (κ2) is 38.8. The number of carbonyl (C=O) groups is 2. The molecule has 0 bridgehead atoms. The lowest BCUT2D eigenvalue weighted by molar-refractivity contribution is -0.220. The Labute approximate surface area is 375 Å². The van der Waals surface area contributed by atoms with Crippen LogP contribution in [-0.4, -0.2) is 98.3 Å². The van der Waals surface area contributed by atoms with E-state index in [1.54, 1.807) is 0 Å². The van der Waals surface area contributed by atoms with Crippen molar-refractivity contribution in [3.8, 4) is 0 Å². The molecule has 0 saturated heterocycles. The third-order valence-electron chi connectivity index (χ3n) is 11.9. The van der Waals surface area contributed by atoms with Gasteiger partial charge >= 0.3 is 19.8 Å². The third-order valence-corrected chi connectivity index (χ3v) is 12.8. The molecule has 13 nitrogen and oxygen atoms in total. The number of hydrogen-bond acceptors (Lipinski definition) is 12. The first-order valence-corrected chi connectivity index (χ1v) is 26.5. The van der Waals surface area contributed by atoms with E-state index in [4.69, 9.17) is 18.5 Å². The standard InChI is InChI=1S/C48H91O13P/c1-3-5-7-9-11-13-15-17-19-20-21-22-23-25-26-28-30-32-34-36-41(49)58-38-40(39-59-62(56,57)61-48-46(54)44(52)43(51)45(53)47(48)55)60-42(50)37-35-33-31-29-27-24-18-16-14-12-10-8-6-4-2/h20-21,40,43-48,51-55H,3-19,22-39H2,1-2H3,(H,56,57)/b21-20-/t40-,43?,44-,45?,46?,47?,48?/m1/s1. The van der Waals surface area contributed by atoms with Crippen molar-refractivity contribution in [3.05, 3.63) is 12.2 Å². The summed E-state index contributed by atoms with van der Waals surface area (Å²) >= 11 is 0. The van der Waals surface area contributed by atoms with Crippen molar-refractivity contribution in [2.45, 2.75) is 268 Å². The van der Waals surface area contributed by atoms with E-state index in [9.17, 15) is 44.6 Å². The van der Waals surface area contributed by atoms with E-state index < -0.39 is 75.7 Å². The summed E-state index contributed by atoms with van der Waals surface area (Å²) in [6, 6.07) is 0. The van der Waals surface area contributed by atoms with E-state index in [2.05, 4.69) is 26.0 Å². The number of ether oxygens (including phenoxy) is 2. The summed E-state index contributed by atoms with van der Waals surface area (Å²) < 4.78 is 33.6. The minimum Gasteiger partial charge on any atom is -0.462 e. The third kappa shape index (κ3) is 30.7. The fourth-order valence-electron chi connectivity index (χ4n) is 7.81. The molecule has 0 aromatic carbocycles. The molecule has 0 aromatic rings. The molecule has 0 radical (unpaired) electrons. The maximum atomic E-state index is 12.8. The normalized spacial score (nSPS) is 21.9. The molecule has 8 atom stereocenters. The van der Waals surface area contributed by atoms with Crippen molar-refractivity contribution >= 4 is 19.8 Å². The van der Waals surface area contributed by atoms with Crippen molar-refractivity contribution in [3.63, 3.8) is 0 Å². The van der Waals surface area contributed by atoms with Gasteiger partial charge < -0.3 is 39.9 Å². The topological polar surface area (TPSA) is 210 Å². The predicted molar refractivity (Wildman–Crippen MR) is 244 cm³/mol. The molecule has 366 valence electrons. The van der Waals surface area contributed by atoms with Crippen LogP contribution in [0.4, 0.5) is 0 Å². The average Bonchev–Trinajstić information content (AvgIpc) is 3.25. The van der Waals surface area contributed by atoms with Crippen molar-refractivity contribution in [2.75, 3.05) is 13.2 Å². The first kappa shape index (κ1) is 58.6. The Morgan fingerprint density at radius 3 is 1.23 bits per heavy atom. The predicted octanol–water partition coefficient (Wildman–Crippen LogP) is 10.2. The first-order valence-electron chi connectivity index (χ1n) is 25.0. The van der Waals surface area contributed by atoms with Crippen LogP contribution in [0, 0.1) is 0 Å². The summed E-state index contributed by atoms with van der Waals surface area (Å²) in [5, 5.41) is 50.2. The van der Waals surface area contributed by atoms with Crippen LogP contribution in [0.2, 0.25) is 0 Å². The second-order valence-corrected chi connectivity index (χ2v) is 19.1. The monoisotopic (exact) mass is 907 g/mol. The van der Waals surface area contributed by atoms with E-state index in [0.717, 1.165) is 51.4 Å². The van der Waals surface area contributed by atoms with Gasteiger partial charge in [-0.15, -0.1) is 0 Å².